The molecule has 1 heterocycles. The first-order valence-electron chi connectivity index (χ1n) is 8.21. The van der Waals surface area contributed by atoms with E-state index in [4.69, 9.17) is 18.9 Å². The van der Waals surface area contributed by atoms with E-state index >= 15 is 0 Å². The fraction of sp³-hybridized carbons (Fsp3) is 0.200. The molecule has 2 aromatic carbocycles. The second kappa shape index (κ2) is 8.27. The Bertz CT molecular complexity index is 886. The molecule has 140 valence electrons. The number of Topliss-reactive ketones (excluding diaryl/α,β-unsaturated/α-hetero) is 1. The van der Waals surface area contributed by atoms with Gasteiger partial charge in [-0.2, -0.15) is 0 Å². The van der Waals surface area contributed by atoms with Crippen molar-refractivity contribution in [2.24, 2.45) is 0 Å². The van der Waals surface area contributed by atoms with Crippen molar-refractivity contribution in [3.05, 3.63) is 53.6 Å². The molecule has 7 heteroatoms. The molecule has 0 unspecified atom stereocenters. The van der Waals surface area contributed by atoms with Gasteiger partial charge < -0.3 is 24.1 Å². The normalized spacial score (nSPS) is 12.6. The monoisotopic (exact) mass is 370 g/mol. The van der Waals surface area contributed by atoms with Gasteiger partial charge in [0.1, 0.15) is 13.2 Å². The Hall–Kier alpha value is -3.48. The van der Waals surface area contributed by atoms with E-state index in [0.717, 1.165) is 0 Å². The Balaban J connectivity index is 1.56. The van der Waals surface area contributed by atoms with Crippen LogP contribution in [0.1, 0.15) is 15.9 Å². The van der Waals surface area contributed by atoms with E-state index in [1.54, 1.807) is 30.3 Å². The lowest BCUT2D eigenvalue weighted by atomic mass is 10.1. The molecule has 0 radical (unpaired) electrons. The third kappa shape index (κ3) is 4.58. The lowest BCUT2D eigenvalue weighted by Gasteiger charge is -2.18. The lowest BCUT2D eigenvalue weighted by Crippen LogP contribution is -2.17. The molecule has 0 spiro atoms. The van der Waals surface area contributed by atoms with E-state index in [1.807, 2.05) is 0 Å². The van der Waals surface area contributed by atoms with Gasteiger partial charge in [-0.3, -0.25) is 4.79 Å². The summed E-state index contributed by atoms with van der Waals surface area (Å²) in [5.74, 6) is 0.371. The zero-order valence-corrected chi connectivity index (χ0v) is 14.6. The van der Waals surface area contributed by atoms with Crippen molar-refractivity contribution >= 4 is 17.8 Å². The Morgan fingerprint density at radius 2 is 1.89 bits per heavy atom. The molecule has 0 bridgehead atoms. The van der Waals surface area contributed by atoms with Gasteiger partial charge in [0.2, 0.25) is 0 Å². The molecule has 1 aliphatic heterocycles. The third-order valence-corrected chi connectivity index (χ3v) is 3.83. The average molecular weight is 370 g/mol. The SMILES string of the molecule is COc1cc(C=CC(=O)OCC(=O)c2ccc3c(c2)OCCO3)ccc1O. The van der Waals surface area contributed by atoms with E-state index in [1.165, 1.54) is 25.3 Å². The van der Waals surface area contributed by atoms with E-state index in [9.17, 15) is 14.7 Å². The van der Waals surface area contributed by atoms with Gasteiger partial charge in [-0.25, -0.2) is 4.79 Å². The van der Waals surface area contributed by atoms with Gasteiger partial charge in [0.05, 0.1) is 7.11 Å². The maximum atomic E-state index is 12.2. The van der Waals surface area contributed by atoms with Crippen molar-refractivity contribution in [2.75, 3.05) is 26.9 Å². The molecule has 0 fully saturated rings. The molecule has 0 amide bonds. The summed E-state index contributed by atoms with van der Waals surface area (Å²) in [6.07, 6.45) is 2.70. The van der Waals surface area contributed by atoms with Crippen molar-refractivity contribution in [1.29, 1.82) is 0 Å². The molecule has 0 saturated carbocycles. The molecule has 1 N–H and O–H groups in total. The number of rotatable bonds is 6. The Kier molecular flexibility index (Phi) is 5.61. The molecule has 1 aliphatic rings. The molecule has 0 atom stereocenters. The highest BCUT2D eigenvalue weighted by Gasteiger charge is 2.15. The minimum absolute atomic E-state index is 0.00209. The second-order valence-electron chi connectivity index (χ2n) is 5.65. The highest BCUT2D eigenvalue weighted by molar-refractivity contribution is 5.99. The number of carbonyl (C=O) groups excluding carboxylic acids is 2. The summed E-state index contributed by atoms with van der Waals surface area (Å²) >= 11 is 0. The Labute approximate surface area is 155 Å². The number of hydrogen-bond acceptors (Lipinski definition) is 7. The van der Waals surface area contributed by atoms with Crippen molar-refractivity contribution in [1.82, 2.24) is 0 Å². The number of benzene rings is 2. The summed E-state index contributed by atoms with van der Waals surface area (Å²) in [6, 6.07) is 9.46. The first-order chi connectivity index (χ1) is 13.1. The predicted molar refractivity (Wildman–Crippen MR) is 96.4 cm³/mol. The summed E-state index contributed by atoms with van der Waals surface area (Å²) in [7, 11) is 1.43. The summed E-state index contributed by atoms with van der Waals surface area (Å²) < 4.78 is 20.8. The molecule has 0 aromatic heterocycles. The largest absolute Gasteiger partial charge is 0.504 e. The zero-order valence-electron chi connectivity index (χ0n) is 14.6. The van der Waals surface area contributed by atoms with Gasteiger partial charge in [-0.15, -0.1) is 0 Å². The summed E-state index contributed by atoms with van der Waals surface area (Å²) in [5, 5.41) is 9.54. The van der Waals surface area contributed by atoms with Crippen LogP contribution in [0, 0.1) is 0 Å². The van der Waals surface area contributed by atoms with Crippen LogP contribution < -0.4 is 14.2 Å². The fourth-order valence-corrected chi connectivity index (χ4v) is 2.45. The van der Waals surface area contributed by atoms with Crippen molar-refractivity contribution in [2.45, 2.75) is 0 Å². The number of phenolic OH excluding ortho intramolecular Hbond substituents is 1. The average Bonchev–Trinajstić information content (AvgIpc) is 2.71. The van der Waals surface area contributed by atoms with Crippen LogP contribution in [0.2, 0.25) is 0 Å². The molecule has 0 aliphatic carbocycles. The van der Waals surface area contributed by atoms with Crippen LogP contribution in [-0.2, 0) is 9.53 Å². The van der Waals surface area contributed by atoms with Gasteiger partial charge in [0.25, 0.3) is 0 Å². The molecule has 3 rings (SSSR count). The molecule has 7 nitrogen and oxygen atoms in total. The zero-order chi connectivity index (χ0) is 19.2. The van der Waals surface area contributed by atoms with Crippen LogP contribution >= 0.6 is 0 Å². The molecular weight excluding hydrogens is 352 g/mol. The van der Waals surface area contributed by atoms with E-state index in [-0.39, 0.29) is 18.1 Å². The van der Waals surface area contributed by atoms with Crippen LogP contribution in [-0.4, -0.2) is 43.8 Å². The fourth-order valence-electron chi connectivity index (χ4n) is 2.45. The number of methoxy groups -OCH3 is 1. The lowest BCUT2D eigenvalue weighted by molar-refractivity contribution is -0.136. The highest BCUT2D eigenvalue weighted by atomic mass is 16.6. The number of carbonyl (C=O) groups is 2. The van der Waals surface area contributed by atoms with E-state index < -0.39 is 5.97 Å². The van der Waals surface area contributed by atoms with Gasteiger partial charge in [0, 0.05) is 11.6 Å². The molecule has 0 saturated heterocycles. The number of fused-ring (bicyclic) bond motifs is 1. The molecule has 2 aromatic rings. The van der Waals surface area contributed by atoms with E-state index in [2.05, 4.69) is 0 Å². The van der Waals surface area contributed by atoms with Crippen LogP contribution in [0.3, 0.4) is 0 Å². The van der Waals surface area contributed by atoms with Gasteiger partial charge in [-0.05, 0) is 42.0 Å². The van der Waals surface area contributed by atoms with Crippen molar-refractivity contribution in [3.63, 3.8) is 0 Å². The first kappa shape index (κ1) is 18.3. The van der Waals surface area contributed by atoms with Crippen molar-refractivity contribution < 1.29 is 33.6 Å². The van der Waals surface area contributed by atoms with Gasteiger partial charge in [0.15, 0.2) is 35.4 Å². The second-order valence-corrected chi connectivity index (χ2v) is 5.65. The minimum atomic E-state index is -0.659. The van der Waals surface area contributed by atoms with E-state index in [0.29, 0.717) is 41.6 Å². The standard InChI is InChI=1S/C20H18O7/c1-24-18-10-13(2-5-15(18)21)3-7-20(23)27-12-16(22)14-4-6-17-19(11-14)26-9-8-25-17/h2-7,10-11,21H,8-9,12H2,1H3. The molecule has 27 heavy (non-hydrogen) atoms. The number of hydrogen-bond donors (Lipinski definition) is 1. The minimum Gasteiger partial charge on any atom is -0.504 e. The number of phenols is 1. The predicted octanol–water partition coefficient (Wildman–Crippen LogP) is 2.61. The van der Waals surface area contributed by atoms with Crippen LogP contribution in [0.4, 0.5) is 0 Å². The summed E-state index contributed by atoms with van der Waals surface area (Å²) in [5.41, 5.74) is 1.01. The highest BCUT2D eigenvalue weighted by Crippen LogP contribution is 2.31. The number of esters is 1. The summed E-state index contributed by atoms with van der Waals surface area (Å²) in [6.45, 7) is 0.505. The van der Waals surface area contributed by atoms with Gasteiger partial charge in [-0.1, -0.05) is 6.07 Å². The quantitative estimate of drug-likeness (QED) is 0.475. The number of aromatic hydroxyl groups is 1. The number of ether oxygens (including phenoxy) is 4. The first-order valence-corrected chi connectivity index (χ1v) is 8.21. The summed E-state index contributed by atoms with van der Waals surface area (Å²) in [4.78, 5) is 24.0. The molecular formula is C20H18O7. The number of ketones is 1. The van der Waals surface area contributed by atoms with Crippen LogP contribution in [0.25, 0.3) is 6.08 Å². The van der Waals surface area contributed by atoms with Crippen LogP contribution in [0.5, 0.6) is 23.0 Å². The Morgan fingerprint density at radius 3 is 2.67 bits per heavy atom. The topological polar surface area (TPSA) is 91.3 Å². The maximum Gasteiger partial charge on any atom is 0.331 e. The Morgan fingerprint density at radius 1 is 1.11 bits per heavy atom. The maximum absolute atomic E-state index is 12.2. The van der Waals surface area contributed by atoms with Crippen molar-refractivity contribution in [3.8, 4) is 23.0 Å². The van der Waals surface area contributed by atoms with Crippen LogP contribution in [0.15, 0.2) is 42.5 Å². The smallest absolute Gasteiger partial charge is 0.331 e. The third-order valence-electron chi connectivity index (χ3n) is 3.83. The van der Waals surface area contributed by atoms with Gasteiger partial charge >= 0.3 is 5.97 Å².